The quantitative estimate of drug-likeness (QED) is 0.519. The van der Waals surface area contributed by atoms with Gasteiger partial charge in [-0.3, -0.25) is 9.59 Å². The number of nitrogens with zero attached hydrogens (tertiary/aromatic N) is 1. The predicted octanol–water partition coefficient (Wildman–Crippen LogP) is 3.97. The highest BCUT2D eigenvalue weighted by molar-refractivity contribution is 9.10. The summed E-state index contributed by atoms with van der Waals surface area (Å²) in [5, 5.41) is 14.7. The van der Waals surface area contributed by atoms with Gasteiger partial charge in [-0.15, -0.1) is 0 Å². The van der Waals surface area contributed by atoms with Crippen molar-refractivity contribution >= 4 is 45.2 Å². The molecule has 0 aliphatic rings. The molecule has 0 saturated carbocycles. The van der Waals surface area contributed by atoms with Crippen LogP contribution in [-0.2, 0) is 9.59 Å². The molecule has 7 nitrogen and oxygen atoms in total. The molecule has 0 aliphatic carbocycles. The second-order valence-corrected chi connectivity index (χ2v) is 6.48. The van der Waals surface area contributed by atoms with Crippen molar-refractivity contribution in [3.63, 3.8) is 0 Å². The van der Waals surface area contributed by atoms with Gasteiger partial charge >= 0.3 is 0 Å². The largest absolute Gasteiger partial charge is 0.493 e. The van der Waals surface area contributed by atoms with E-state index >= 15 is 0 Å². The molecule has 2 N–H and O–H groups in total. The third-order valence-electron chi connectivity index (χ3n) is 3.60. The Morgan fingerprint density at radius 3 is 2.18 bits per heavy atom. The molecule has 144 valence electrons. The van der Waals surface area contributed by atoms with Crippen molar-refractivity contribution in [3.8, 4) is 17.6 Å². The third-order valence-corrected chi connectivity index (χ3v) is 4.18. The first-order chi connectivity index (χ1) is 13.4. The normalized spacial score (nSPS) is 10.6. The lowest BCUT2D eigenvalue weighted by Gasteiger charge is -2.11. The lowest BCUT2D eigenvalue weighted by atomic mass is 10.1. The number of ether oxygens (including phenoxy) is 2. The van der Waals surface area contributed by atoms with Gasteiger partial charge in [0.05, 0.1) is 18.7 Å². The second-order valence-electron chi connectivity index (χ2n) is 5.62. The van der Waals surface area contributed by atoms with E-state index < -0.39 is 5.91 Å². The molecule has 0 unspecified atom stereocenters. The molecule has 2 aromatic carbocycles. The van der Waals surface area contributed by atoms with Crippen molar-refractivity contribution in [2.24, 2.45) is 0 Å². The van der Waals surface area contributed by atoms with Gasteiger partial charge < -0.3 is 20.1 Å². The first-order valence-corrected chi connectivity index (χ1v) is 8.89. The summed E-state index contributed by atoms with van der Waals surface area (Å²) < 4.78 is 11.2. The van der Waals surface area contributed by atoms with Gasteiger partial charge in [0.1, 0.15) is 11.6 Å². The molecule has 0 aliphatic heterocycles. The first kappa shape index (κ1) is 21.0. The number of hydrogen-bond acceptors (Lipinski definition) is 5. The lowest BCUT2D eigenvalue weighted by molar-refractivity contribution is -0.114. The molecule has 0 heterocycles. The van der Waals surface area contributed by atoms with Gasteiger partial charge in [0.2, 0.25) is 5.91 Å². The van der Waals surface area contributed by atoms with Crippen LogP contribution >= 0.6 is 15.9 Å². The van der Waals surface area contributed by atoms with Crippen molar-refractivity contribution in [1.29, 1.82) is 5.26 Å². The number of amides is 2. The van der Waals surface area contributed by atoms with E-state index in [1.165, 1.54) is 27.2 Å². The molecule has 2 rings (SSSR count). The van der Waals surface area contributed by atoms with Crippen LogP contribution in [0.4, 0.5) is 11.4 Å². The maximum Gasteiger partial charge on any atom is 0.266 e. The Bertz CT molecular complexity index is 963. The molecule has 2 amide bonds. The highest BCUT2D eigenvalue weighted by Crippen LogP contribution is 2.36. The number of benzene rings is 2. The monoisotopic (exact) mass is 443 g/mol. The van der Waals surface area contributed by atoms with E-state index in [1.807, 2.05) is 6.07 Å². The minimum absolute atomic E-state index is 0.0787. The van der Waals surface area contributed by atoms with Gasteiger partial charge in [-0.25, -0.2) is 0 Å². The van der Waals surface area contributed by atoms with Crippen LogP contribution in [0.25, 0.3) is 6.08 Å². The number of anilines is 2. The van der Waals surface area contributed by atoms with Gasteiger partial charge in [-0.2, -0.15) is 5.26 Å². The van der Waals surface area contributed by atoms with E-state index in [9.17, 15) is 14.9 Å². The summed E-state index contributed by atoms with van der Waals surface area (Å²) >= 11 is 3.38. The Morgan fingerprint density at radius 2 is 1.68 bits per heavy atom. The van der Waals surface area contributed by atoms with Crippen LogP contribution < -0.4 is 20.1 Å². The summed E-state index contributed by atoms with van der Waals surface area (Å²) in [5.74, 6) is 0.240. The molecule has 0 spiro atoms. The van der Waals surface area contributed by atoms with Crippen LogP contribution in [0.2, 0.25) is 0 Å². The van der Waals surface area contributed by atoms with Crippen molar-refractivity contribution in [2.45, 2.75) is 6.92 Å². The molecule has 0 atom stereocenters. The summed E-state index contributed by atoms with van der Waals surface area (Å²) in [6.07, 6.45) is 1.45. The molecule has 8 heteroatoms. The highest BCUT2D eigenvalue weighted by Gasteiger charge is 2.13. The Hall–Kier alpha value is -3.31. The number of halogens is 1. The van der Waals surface area contributed by atoms with Crippen molar-refractivity contribution in [3.05, 3.63) is 52.0 Å². The molecule has 0 aromatic heterocycles. The maximum absolute atomic E-state index is 12.4. The van der Waals surface area contributed by atoms with Gasteiger partial charge in [0, 0.05) is 18.3 Å². The Morgan fingerprint density at radius 1 is 1.07 bits per heavy atom. The Labute approximate surface area is 171 Å². The minimum Gasteiger partial charge on any atom is -0.493 e. The summed E-state index contributed by atoms with van der Waals surface area (Å²) in [6, 6.07) is 11.8. The number of nitrogens with one attached hydrogen (secondary N) is 2. The zero-order valence-electron chi connectivity index (χ0n) is 15.5. The van der Waals surface area contributed by atoms with E-state index in [0.717, 1.165) is 0 Å². The fraction of sp³-hybridized carbons (Fsp3) is 0.150. The van der Waals surface area contributed by atoms with Crippen LogP contribution in [0.3, 0.4) is 0 Å². The number of carbonyl (C=O) groups is 2. The molecule has 0 bridgehead atoms. The fourth-order valence-electron chi connectivity index (χ4n) is 2.38. The van der Waals surface area contributed by atoms with Gasteiger partial charge in [-0.05, 0) is 64.0 Å². The smallest absolute Gasteiger partial charge is 0.266 e. The number of rotatable bonds is 6. The molecule has 0 fully saturated rings. The Kier molecular flexibility index (Phi) is 7.18. The summed E-state index contributed by atoms with van der Waals surface area (Å²) in [4.78, 5) is 23.5. The number of carbonyl (C=O) groups excluding carboxylic acids is 2. The zero-order chi connectivity index (χ0) is 20.7. The van der Waals surface area contributed by atoms with E-state index in [0.29, 0.717) is 32.9 Å². The summed E-state index contributed by atoms with van der Waals surface area (Å²) in [7, 11) is 3.02. The molecular weight excluding hydrogens is 426 g/mol. The zero-order valence-corrected chi connectivity index (χ0v) is 17.1. The standard InChI is InChI=1S/C20H18BrN3O4/c1-12(25)23-15-4-6-16(7-5-15)24-20(26)14(11-22)8-13-9-17(21)19(28-3)18(10-13)27-2/h4-10H,1-3H3,(H,23,25)(H,24,26)/b14-8+. The average Bonchev–Trinajstić information content (AvgIpc) is 2.66. The van der Waals surface area contributed by atoms with Crippen LogP contribution in [0.15, 0.2) is 46.4 Å². The van der Waals surface area contributed by atoms with Crippen LogP contribution in [0.5, 0.6) is 11.5 Å². The van der Waals surface area contributed by atoms with Crippen molar-refractivity contribution < 1.29 is 19.1 Å². The number of methoxy groups -OCH3 is 2. The Balaban J connectivity index is 2.23. The van der Waals surface area contributed by atoms with Gasteiger partial charge in [0.25, 0.3) is 5.91 Å². The first-order valence-electron chi connectivity index (χ1n) is 8.10. The van der Waals surface area contributed by atoms with E-state index in [1.54, 1.807) is 36.4 Å². The number of hydrogen-bond donors (Lipinski definition) is 2. The summed E-state index contributed by atoms with van der Waals surface area (Å²) in [5.41, 5.74) is 1.62. The minimum atomic E-state index is -0.555. The topological polar surface area (TPSA) is 100 Å². The fourth-order valence-corrected chi connectivity index (χ4v) is 3.00. The molecular formula is C20H18BrN3O4. The van der Waals surface area contributed by atoms with Crippen molar-refractivity contribution in [2.75, 3.05) is 24.9 Å². The molecule has 0 saturated heterocycles. The molecule has 0 radical (unpaired) electrons. The molecule has 2 aromatic rings. The van der Waals surface area contributed by atoms with Crippen LogP contribution in [-0.4, -0.2) is 26.0 Å². The van der Waals surface area contributed by atoms with E-state index in [-0.39, 0.29) is 11.5 Å². The second kappa shape index (κ2) is 9.58. The molecule has 28 heavy (non-hydrogen) atoms. The average molecular weight is 444 g/mol. The van der Waals surface area contributed by atoms with Gasteiger partial charge in [-0.1, -0.05) is 0 Å². The third kappa shape index (κ3) is 5.34. The number of nitriles is 1. The van der Waals surface area contributed by atoms with Crippen LogP contribution in [0.1, 0.15) is 12.5 Å². The SMILES string of the molecule is COc1cc(/C=C(\C#N)C(=O)Nc2ccc(NC(C)=O)cc2)cc(Br)c1OC. The summed E-state index contributed by atoms with van der Waals surface area (Å²) in [6.45, 7) is 1.41. The van der Waals surface area contributed by atoms with Crippen molar-refractivity contribution in [1.82, 2.24) is 0 Å². The van der Waals surface area contributed by atoms with E-state index in [2.05, 4.69) is 26.6 Å². The highest BCUT2D eigenvalue weighted by atomic mass is 79.9. The van der Waals surface area contributed by atoms with E-state index in [4.69, 9.17) is 9.47 Å². The lowest BCUT2D eigenvalue weighted by Crippen LogP contribution is -2.13. The predicted molar refractivity (Wildman–Crippen MR) is 110 cm³/mol. The van der Waals surface area contributed by atoms with Gasteiger partial charge in [0.15, 0.2) is 11.5 Å². The maximum atomic E-state index is 12.4. The van der Waals surface area contributed by atoms with Crippen LogP contribution in [0, 0.1) is 11.3 Å².